The lowest BCUT2D eigenvalue weighted by Gasteiger charge is -2.43. The Kier molecular flexibility index (Phi) is 12.4. The molecule has 17 heteroatoms. The highest BCUT2D eigenvalue weighted by Gasteiger charge is 2.59. The number of rotatable bonds is 12. The van der Waals surface area contributed by atoms with Gasteiger partial charge >= 0.3 is 6.18 Å². The van der Waals surface area contributed by atoms with Gasteiger partial charge in [0.25, 0.3) is 0 Å². The van der Waals surface area contributed by atoms with Crippen LogP contribution in [0.15, 0.2) is 85.1 Å². The van der Waals surface area contributed by atoms with Gasteiger partial charge in [-0.1, -0.05) is 24.3 Å². The highest BCUT2D eigenvalue weighted by atomic mass is 19.4. The number of fused-ring (bicyclic) bond motifs is 2. The van der Waals surface area contributed by atoms with Gasteiger partial charge in [-0.2, -0.15) is 18.4 Å². The fraction of sp³-hybridized carbons (Fsp3) is 0.388. The normalized spacial score (nSPS) is 20.0. The predicted molar refractivity (Wildman–Crippen MR) is 239 cm³/mol. The van der Waals surface area contributed by atoms with Crippen LogP contribution in [0.25, 0.3) is 22.2 Å². The summed E-state index contributed by atoms with van der Waals surface area (Å²) in [7, 11) is 0. The van der Waals surface area contributed by atoms with Crippen LogP contribution in [-0.2, 0) is 19.2 Å². The molecule has 1 unspecified atom stereocenters. The van der Waals surface area contributed by atoms with Crippen molar-refractivity contribution >= 4 is 46.0 Å². The number of carbonyl (C=O) groups is 4. The average Bonchev–Trinajstić information content (AvgIpc) is 3.76. The number of pyridine rings is 1. The van der Waals surface area contributed by atoms with Crippen molar-refractivity contribution in [3.05, 3.63) is 102 Å². The number of nitrogens with one attached hydrogen (secondary N) is 4. The summed E-state index contributed by atoms with van der Waals surface area (Å²) in [5.41, 5.74) is 1.31. The summed E-state index contributed by atoms with van der Waals surface area (Å²) >= 11 is 0. The molecule has 9 rings (SSSR count). The lowest BCUT2D eigenvalue weighted by atomic mass is 9.86. The quantitative estimate of drug-likeness (QED) is 0.0757. The zero-order valence-corrected chi connectivity index (χ0v) is 36.1. The smallest absolute Gasteiger partial charge is 0.428 e. The maximum absolute atomic E-state index is 15.0. The number of piperidine rings is 3. The van der Waals surface area contributed by atoms with Crippen molar-refractivity contribution in [1.29, 1.82) is 5.26 Å². The molecule has 3 aromatic carbocycles. The number of halogens is 3. The summed E-state index contributed by atoms with van der Waals surface area (Å²) in [6, 6.07) is 24.5. The first-order chi connectivity index (χ1) is 31.9. The molecule has 2 atom stereocenters. The first-order valence-corrected chi connectivity index (χ1v) is 22.4. The van der Waals surface area contributed by atoms with Crippen LogP contribution in [0.2, 0.25) is 0 Å². The minimum absolute atomic E-state index is 0.0230. The van der Waals surface area contributed by atoms with Crippen molar-refractivity contribution in [1.82, 2.24) is 25.5 Å². The number of para-hydroxylation sites is 1. The fourth-order valence-corrected chi connectivity index (χ4v) is 9.64. The van der Waals surface area contributed by atoms with Crippen LogP contribution in [0.4, 0.5) is 24.7 Å². The lowest BCUT2D eigenvalue weighted by molar-refractivity contribution is -0.260. The first-order valence-electron chi connectivity index (χ1n) is 22.4. The number of amides is 4. The van der Waals surface area contributed by atoms with Gasteiger partial charge in [-0.25, -0.2) is 4.98 Å². The molecule has 0 aliphatic carbocycles. The molecule has 0 bridgehead atoms. The Hall–Kier alpha value is -6.93. The second-order valence-electron chi connectivity index (χ2n) is 17.5. The van der Waals surface area contributed by atoms with E-state index >= 15 is 13.2 Å². The number of imide groups is 1. The van der Waals surface area contributed by atoms with Crippen molar-refractivity contribution in [3.63, 3.8) is 0 Å². The monoisotopic (exact) mass is 902 g/mol. The number of alkyl halides is 3. The van der Waals surface area contributed by atoms with Crippen LogP contribution >= 0.6 is 0 Å². The summed E-state index contributed by atoms with van der Waals surface area (Å²) in [4.78, 5) is 62.3. The second-order valence-corrected chi connectivity index (χ2v) is 17.5. The third-order valence-electron chi connectivity index (χ3n) is 13.4. The molecule has 6 heterocycles. The molecule has 3 fully saturated rings. The molecule has 5 aromatic rings. The number of nitrogens with zero attached hydrogens (tertiary/aromatic N) is 4. The van der Waals surface area contributed by atoms with Crippen LogP contribution in [0, 0.1) is 17.2 Å². The van der Waals surface area contributed by atoms with Gasteiger partial charge in [0.15, 0.2) is 0 Å². The number of aromatic nitrogens is 2. The van der Waals surface area contributed by atoms with Crippen LogP contribution in [0.5, 0.6) is 11.5 Å². The Bertz CT molecular complexity index is 2700. The molecule has 14 nitrogen and oxygen atoms in total. The number of anilines is 2. The summed E-state index contributed by atoms with van der Waals surface area (Å²) < 4.78 is 57.1. The molecular weight excluding hydrogens is 854 g/mol. The molecule has 0 saturated carbocycles. The van der Waals surface area contributed by atoms with Gasteiger partial charge in [-0.15, -0.1) is 0 Å². The Morgan fingerprint density at radius 3 is 2.50 bits per heavy atom. The molecule has 4 amide bonds. The van der Waals surface area contributed by atoms with E-state index in [0.717, 1.165) is 43.9 Å². The van der Waals surface area contributed by atoms with Crippen molar-refractivity contribution < 1.29 is 41.8 Å². The van der Waals surface area contributed by atoms with E-state index < -0.39 is 36.4 Å². The molecule has 4 N–H and O–H groups in total. The van der Waals surface area contributed by atoms with Gasteiger partial charge in [-0.05, 0) is 91.4 Å². The zero-order valence-electron chi connectivity index (χ0n) is 36.1. The zero-order chi connectivity index (χ0) is 46.0. The number of hydrogen-bond acceptors (Lipinski definition) is 10. The van der Waals surface area contributed by atoms with E-state index in [0.29, 0.717) is 76.6 Å². The molecular formula is C49H49F3N8O6. The standard InChI is InChI=1S/C49H49F3N8O6/c50-49(51,52)48(66-42-7-2-1-5-36(42)41-26-37-32(28-53)4-3-6-39(37)56-41)15-21-60(22-16-48)47(64)38-27-45(62)57-40-25-33(8-9-35(38)40)65-23-18-54-29-30-13-19-59(20-14-30)43-24-31(12-17-55-43)34-10-11-44(61)58-46(34)63/h1-9,12,17,24-26,30,34,38,54,56H,10-11,13-16,18-23,27,29H2,(H,57,62)(H,58,61,63)/t34?,38-/m0/s1. The van der Waals surface area contributed by atoms with E-state index in [1.165, 1.54) is 11.0 Å². The third kappa shape index (κ3) is 9.14. The SMILES string of the molecule is N#Cc1cccc2[nH]c(-c3ccccc3OC3(C(F)(F)F)CCN(C(=O)[C@H]4CC(=O)Nc5cc(OCCNCC6CCN(c7cc(C8CCC(=O)NC8=O)ccn7)CC6)ccc54)CC3)cc12. The molecule has 3 saturated heterocycles. The number of H-pyrrole nitrogens is 1. The number of nitriles is 1. The second kappa shape index (κ2) is 18.5. The van der Waals surface area contributed by atoms with Gasteiger partial charge in [0, 0.05) is 92.8 Å². The van der Waals surface area contributed by atoms with Gasteiger partial charge in [0.1, 0.15) is 23.9 Å². The Morgan fingerprint density at radius 1 is 0.924 bits per heavy atom. The van der Waals surface area contributed by atoms with Crippen LogP contribution in [0.3, 0.4) is 0 Å². The van der Waals surface area contributed by atoms with Crippen molar-refractivity contribution in [2.45, 2.75) is 68.6 Å². The molecule has 4 aliphatic rings. The Labute approximate surface area is 378 Å². The number of carbonyl (C=O) groups excluding carboxylic acids is 4. The van der Waals surface area contributed by atoms with Gasteiger partial charge < -0.3 is 34.9 Å². The van der Waals surface area contributed by atoms with Gasteiger partial charge in [0.2, 0.25) is 29.2 Å². The predicted octanol–water partition coefficient (Wildman–Crippen LogP) is 6.94. The highest BCUT2D eigenvalue weighted by molar-refractivity contribution is 6.02. The van der Waals surface area contributed by atoms with E-state index in [2.05, 4.69) is 36.9 Å². The summed E-state index contributed by atoms with van der Waals surface area (Å²) in [5, 5.41) is 19.0. The van der Waals surface area contributed by atoms with Crippen molar-refractivity contribution in [2.24, 2.45) is 5.92 Å². The number of ether oxygens (including phenoxy) is 2. The van der Waals surface area contributed by atoms with Crippen molar-refractivity contribution in [3.8, 4) is 28.8 Å². The lowest BCUT2D eigenvalue weighted by Crippen LogP contribution is -2.58. The molecule has 66 heavy (non-hydrogen) atoms. The average molecular weight is 903 g/mol. The topological polar surface area (TPSA) is 182 Å². The van der Waals surface area contributed by atoms with E-state index in [-0.39, 0.29) is 48.9 Å². The number of likely N-dealkylation sites (tertiary alicyclic amines) is 1. The van der Waals surface area contributed by atoms with Gasteiger partial charge in [-0.3, -0.25) is 24.5 Å². The number of aromatic amines is 1. The van der Waals surface area contributed by atoms with Crippen LogP contribution in [-0.4, -0.2) is 96.1 Å². The maximum atomic E-state index is 15.0. The number of benzene rings is 3. The summed E-state index contributed by atoms with van der Waals surface area (Å²) in [6.45, 7) is 2.95. The van der Waals surface area contributed by atoms with Crippen LogP contribution in [0.1, 0.15) is 73.5 Å². The van der Waals surface area contributed by atoms with E-state index in [1.807, 2.05) is 12.1 Å². The van der Waals surface area contributed by atoms with E-state index in [9.17, 15) is 24.4 Å². The summed E-state index contributed by atoms with van der Waals surface area (Å²) in [6.07, 6.45) is -1.45. The first kappa shape index (κ1) is 44.3. The molecule has 342 valence electrons. The Balaban J connectivity index is 0.766. The minimum atomic E-state index is -4.76. The third-order valence-corrected chi connectivity index (χ3v) is 13.4. The van der Waals surface area contributed by atoms with Crippen LogP contribution < -0.4 is 30.3 Å². The van der Waals surface area contributed by atoms with E-state index in [4.69, 9.17) is 9.47 Å². The molecule has 0 spiro atoms. The molecule has 2 aromatic heterocycles. The Morgan fingerprint density at radius 2 is 1.73 bits per heavy atom. The minimum Gasteiger partial charge on any atom is -0.492 e. The van der Waals surface area contributed by atoms with Gasteiger partial charge in [0.05, 0.1) is 29.2 Å². The molecule has 0 radical (unpaired) electrons. The fourth-order valence-electron chi connectivity index (χ4n) is 9.64. The number of hydrogen-bond donors (Lipinski definition) is 4. The highest BCUT2D eigenvalue weighted by Crippen LogP contribution is 2.46. The van der Waals surface area contributed by atoms with E-state index in [1.54, 1.807) is 66.9 Å². The maximum Gasteiger partial charge on any atom is 0.428 e. The largest absolute Gasteiger partial charge is 0.492 e. The molecule has 4 aliphatic heterocycles. The summed E-state index contributed by atoms with van der Waals surface area (Å²) in [5.74, 6) is -0.700. The van der Waals surface area contributed by atoms with Crippen molar-refractivity contribution in [2.75, 3.05) is 56.1 Å².